The van der Waals surface area contributed by atoms with Crippen LogP contribution in [-0.4, -0.2) is 51.1 Å². The molecule has 0 saturated heterocycles. The third-order valence-corrected chi connectivity index (χ3v) is 5.03. The number of nitrogens with zero attached hydrogens (tertiary/aromatic N) is 5. The van der Waals surface area contributed by atoms with Crippen LogP contribution in [0, 0.1) is 0 Å². The highest BCUT2D eigenvalue weighted by Gasteiger charge is 2.14. The molecule has 10 heteroatoms. The fourth-order valence-corrected chi connectivity index (χ4v) is 3.30. The molecule has 2 aromatic carbocycles. The zero-order chi connectivity index (χ0) is 23.3. The highest BCUT2D eigenvalue weighted by Crippen LogP contribution is 2.22. The molecule has 3 aromatic heterocycles. The predicted octanol–water partition coefficient (Wildman–Crippen LogP) is 3.26. The monoisotopic (exact) mass is 456 g/mol. The molecule has 0 radical (unpaired) electrons. The third kappa shape index (κ3) is 4.42. The van der Waals surface area contributed by atoms with Gasteiger partial charge in [0.15, 0.2) is 22.9 Å². The van der Waals surface area contributed by atoms with Gasteiger partial charge < -0.3 is 19.3 Å². The number of carbonyl (C=O) groups excluding carboxylic acids is 1. The van der Waals surface area contributed by atoms with E-state index in [2.05, 4.69) is 25.8 Å². The maximum Gasteiger partial charge on any atom is 0.273 e. The van der Waals surface area contributed by atoms with Crippen molar-refractivity contribution in [3.05, 3.63) is 78.5 Å². The molecule has 1 N–H and O–H groups in total. The number of amides is 1. The van der Waals surface area contributed by atoms with Gasteiger partial charge in [-0.15, -0.1) is 15.3 Å². The maximum absolute atomic E-state index is 12.4. The fraction of sp³-hybridized carbons (Fsp3) is 0.125. The Labute approximate surface area is 194 Å². The summed E-state index contributed by atoms with van der Waals surface area (Å²) in [7, 11) is 1.61. The van der Waals surface area contributed by atoms with Crippen LogP contribution in [0.2, 0.25) is 0 Å². The van der Waals surface area contributed by atoms with Gasteiger partial charge in [-0.3, -0.25) is 4.79 Å². The van der Waals surface area contributed by atoms with Gasteiger partial charge in [0, 0.05) is 23.3 Å². The molecule has 0 aliphatic rings. The number of fused-ring (bicyclic) bond motifs is 1. The zero-order valence-electron chi connectivity index (χ0n) is 18.2. The van der Waals surface area contributed by atoms with Crippen LogP contribution in [0.15, 0.2) is 77.3 Å². The second kappa shape index (κ2) is 9.41. The highest BCUT2D eigenvalue weighted by molar-refractivity contribution is 5.93. The van der Waals surface area contributed by atoms with E-state index in [1.54, 1.807) is 29.8 Å². The zero-order valence-corrected chi connectivity index (χ0v) is 18.2. The molecular weight excluding hydrogens is 436 g/mol. The molecule has 0 unspecified atom stereocenters. The Bertz CT molecular complexity index is 1410. The van der Waals surface area contributed by atoms with Crippen molar-refractivity contribution >= 4 is 11.6 Å². The summed E-state index contributed by atoms with van der Waals surface area (Å²) in [5.41, 5.74) is 2.48. The molecule has 170 valence electrons. The minimum atomic E-state index is -0.349. The lowest BCUT2D eigenvalue weighted by molar-refractivity contribution is 0.0937. The van der Waals surface area contributed by atoms with E-state index < -0.39 is 0 Å². The van der Waals surface area contributed by atoms with E-state index in [1.807, 2.05) is 54.6 Å². The number of aromatic nitrogens is 5. The first-order chi connectivity index (χ1) is 16.7. The molecule has 0 atom stereocenters. The lowest BCUT2D eigenvalue weighted by Gasteiger charge is -2.07. The molecule has 0 bridgehead atoms. The first kappa shape index (κ1) is 21.1. The third-order valence-electron chi connectivity index (χ3n) is 5.03. The number of benzene rings is 2. The second-order valence-electron chi connectivity index (χ2n) is 7.24. The van der Waals surface area contributed by atoms with Crippen LogP contribution in [0.4, 0.5) is 0 Å². The number of hydrogen-bond donors (Lipinski definition) is 1. The van der Waals surface area contributed by atoms with Gasteiger partial charge >= 0.3 is 0 Å². The molecule has 0 saturated carbocycles. The molecule has 0 spiro atoms. The number of rotatable bonds is 8. The van der Waals surface area contributed by atoms with E-state index in [4.69, 9.17) is 14.0 Å². The Balaban J connectivity index is 1.19. The summed E-state index contributed by atoms with van der Waals surface area (Å²) < 4.78 is 17.8. The predicted molar refractivity (Wildman–Crippen MR) is 123 cm³/mol. The van der Waals surface area contributed by atoms with Gasteiger partial charge in [0.2, 0.25) is 5.88 Å². The largest absolute Gasteiger partial charge is 0.497 e. The van der Waals surface area contributed by atoms with E-state index in [0.29, 0.717) is 23.1 Å². The highest BCUT2D eigenvalue weighted by atomic mass is 16.5. The van der Waals surface area contributed by atoms with Crippen molar-refractivity contribution in [1.29, 1.82) is 0 Å². The Morgan fingerprint density at radius 1 is 1.00 bits per heavy atom. The van der Waals surface area contributed by atoms with Gasteiger partial charge in [-0.1, -0.05) is 35.5 Å². The summed E-state index contributed by atoms with van der Waals surface area (Å²) in [5.74, 6) is 1.89. The molecule has 5 aromatic rings. The summed E-state index contributed by atoms with van der Waals surface area (Å²) in [6.45, 7) is 0.479. The van der Waals surface area contributed by atoms with Gasteiger partial charge in [0.1, 0.15) is 12.4 Å². The number of ether oxygens (including phenoxy) is 2. The average Bonchev–Trinajstić information content (AvgIpc) is 3.55. The lowest BCUT2D eigenvalue weighted by atomic mass is 10.1. The lowest BCUT2D eigenvalue weighted by Crippen LogP contribution is -2.28. The minimum Gasteiger partial charge on any atom is -0.497 e. The number of methoxy groups -OCH3 is 1. The van der Waals surface area contributed by atoms with E-state index in [0.717, 1.165) is 16.9 Å². The van der Waals surface area contributed by atoms with Crippen molar-refractivity contribution in [2.24, 2.45) is 0 Å². The smallest absolute Gasteiger partial charge is 0.273 e. The molecular formula is C24H20N6O4. The molecule has 1 amide bonds. The van der Waals surface area contributed by atoms with Crippen molar-refractivity contribution in [1.82, 2.24) is 30.3 Å². The van der Waals surface area contributed by atoms with Gasteiger partial charge in [0.05, 0.1) is 13.7 Å². The van der Waals surface area contributed by atoms with Crippen LogP contribution < -0.4 is 14.8 Å². The summed E-state index contributed by atoms with van der Waals surface area (Å²) in [5, 5.41) is 19.4. The molecule has 0 fully saturated rings. The van der Waals surface area contributed by atoms with Crippen molar-refractivity contribution in [3.8, 4) is 34.3 Å². The summed E-state index contributed by atoms with van der Waals surface area (Å²) >= 11 is 0. The Hall–Kier alpha value is -4.73. The first-order valence-electron chi connectivity index (χ1n) is 10.5. The van der Waals surface area contributed by atoms with Crippen LogP contribution in [0.3, 0.4) is 0 Å². The van der Waals surface area contributed by atoms with Gasteiger partial charge in [0.25, 0.3) is 5.91 Å². The van der Waals surface area contributed by atoms with Crippen LogP contribution >= 0.6 is 0 Å². The number of nitrogens with one attached hydrogen (secondary N) is 1. The standard InChI is InChI=1S/C24H20N6O4/c1-32-18-9-7-17(8-10-18)23-27-26-21-11-12-22(28-30(21)23)33-14-13-25-24(31)19-15-20(34-29-19)16-5-3-2-4-6-16/h2-12,15H,13-14H2,1H3,(H,25,31). The molecule has 3 heterocycles. The molecule has 5 rings (SSSR count). The van der Waals surface area contributed by atoms with Gasteiger partial charge in [-0.05, 0) is 30.3 Å². The first-order valence-corrected chi connectivity index (χ1v) is 10.5. The van der Waals surface area contributed by atoms with Gasteiger partial charge in [-0.25, -0.2) is 0 Å². The second-order valence-corrected chi connectivity index (χ2v) is 7.24. The van der Waals surface area contributed by atoms with Crippen molar-refractivity contribution in [2.75, 3.05) is 20.3 Å². The summed E-state index contributed by atoms with van der Waals surface area (Å²) in [6.07, 6.45) is 0. The Kier molecular flexibility index (Phi) is 5.85. The van der Waals surface area contributed by atoms with E-state index in [9.17, 15) is 4.79 Å². The van der Waals surface area contributed by atoms with Crippen LogP contribution in [0.5, 0.6) is 11.6 Å². The average molecular weight is 456 g/mol. The van der Waals surface area contributed by atoms with E-state index >= 15 is 0 Å². The van der Waals surface area contributed by atoms with Crippen molar-refractivity contribution in [2.45, 2.75) is 0 Å². The van der Waals surface area contributed by atoms with E-state index in [1.165, 1.54) is 0 Å². The molecule has 10 nitrogen and oxygen atoms in total. The maximum atomic E-state index is 12.4. The Morgan fingerprint density at radius 3 is 2.62 bits per heavy atom. The number of hydrogen-bond acceptors (Lipinski definition) is 8. The summed E-state index contributed by atoms with van der Waals surface area (Å²) in [4.78, 5) is 12.4. The fourth-order valence-electron chi connectivity index (χ4n) is 3.30. The Morgan fingerprint density at radius 2 is 1.82 bits per heavy atom. The van der Waals surface area contributed by atoms with E-state index in [-0.39, 0.29) is 24.8 Å². The van der Waals surface area contributed by atoms with Crippen molar-refractivity contribution < 1.29 is 18.8 Å². The topological polar surface area (TPSA) is 117 Å². The SMILES string of the molecule is COc1ccc(-c2nnc3ccc(OCCNC(=O)c4cc(-c5ccccc5)on4)nn23)cc1. The normalized spacial score (nSPS) is 10.9. The molecule has 34 heavy (non-hydrogen) atoms. The molecule has 0 aliphatic heterocycles. The number of carbonyl (C=O) groups is 1. The van der Waals surface area contributed by atoms with Crippen LogP contribution in [0.1, 0.15) is 10.5 Å². The summed E-state index contributed by atoms with van der Waals surface area (Å²) in [6, 6.07) is 22.0. The molecule has 0 aliphatic carbocycles. The van der Waals surface area contributed by atoms with Crippen LogP contribution in [0.25, 0.3) is 28.4 Å². The minimum absolute atomic E-state index is 0.201. The van der Waals surface area contributed by atoms with Crippen molar-refractivity contribution in [3.63, 3.8) is 0 Å². The van der Waals surface area contributed by atoms with Crippen LogP contribution in [-0.2, 0) is 0 Å². The quantitative estimate of drug-likeness (QED) is 0.354. The van der Waals surface area contributed by atoms with Gasteiger partial charge in [-0.2, -0.15) is 4.52 Å².